The molecule has 1 saturated heterocycles. The monoisotopic (exact) mass is 290 g/mol. The van der Waals surface area contributed by atoms with Crippen molar-refractivity contribution in [3.05, 3.63) is 0 Å². The summed E-state index contributed by atoms with van der Waals surface area (Å²) in [6.07, 6.45) is 5.41. The van der Waals surface area contributed by atoms with Crippen molar-refractivity contribution in [3.63, 3.8) is 0 Å². The minimum atomic E-state index is -0.971. The summed E-state index contributed by atoms with van der Waals surface area (Å²) >= 11 is 0. The van der Waals surface area contributed by atoms with Crippen molar-refractivity contribution >= 4 is 0 Å². The van der Waals surface area contributed by atoms with Crippen LogP contribution in [-0.4, -0.2) is 59.6 Å². The lowest BCUT2D eigenvalue weighted by atomic mass is 10.1. The van der Waals surface area contributed by atoms with E-state index in [0.29, 0.717) is 6.61 Å². The van der Waals surface area contributed by atoms with Gasteiger partial charge in [0.25, 0.3) is 0 Å². The highest BCUT2D eigenvalue weighted by molar-refractivity contribution is 4.88. The van der Waals surface area contributed by atoms with Gasteiger partial charge in [-0.2, -0.15) is 0 Å². The third kappa shape index (κ3) is 6.06. The van der Waals surface area contributed by atoms with E-state index in [9.17, 15) is 15.3 Å². The van der Waals surface area contributed by atoms with Crippen LogP contribution in [-0.2, 0) is 9.47 Å². The van der Waals surface area contributed by atoms with Gasteiger partial charge in [0.15, 0.2) is 0 Å². The van der Waals surface area contributed by atoms with E-state index in [1.165, 1.54) is 32.1 Å². The molecule has 0 aromatic heterocycles. The van der Waals surface area contributed by atoms with Crippen LogP contribution in [0.1, 0.15) is 51.9 Å². The second-order valence-electron chi connectivity index (χ2n) is 5.57. The minimum absolute atomic E-state index is 0.100. The molecule has 5 nitrogen and oxygen atoms in total. The fourth-order valence-corrected chi connectivity index (χ4v) is 2.50. The Balaban J connectivity index is 2.07. The smallest absolute Gasteiger partial charge is 0.114 e. The van der Waals surface area contributed by atoms with Crippen LogP contribution in [0.5, 0.6) is 0 Å². The Labute approximate surface area is 121 Å². The highest BCUT2D eigenvalue weighted by atomic mass is 16.6. The summed E-state index contributed by atoms with van der Waals surface area (Å²) in [7, 11) is 0. The molecule has 5 heteroatoms. The maximum Gasteiger partial charge on any atom is 0.114 e. The zero-order valence-electron chi connectivity index (χ0n) is 12.5. The van der Waals surface area contributed by atoms with Crippen LogP contribution in [0.15, 0.2) is 0 Å². The van der Waals surface area contributed by atoms with E-state index in [0.717, 1.165) is 12.8 Å². The lowest BCUT2D eigenvalue weighted by Crippen LogP contribution is -2.42. The van der Waals surface area contributed by atoms with Gasteiger partial charge < -0.3 is 24.8 Å². The number of ether oxygens (including phenoxy) is 2. The van der Waals surface area contributed by atoms with Gasteiger partial charge in [-0.1, -0.05) is 45.4 Å². The highest BCUT2D eigenvalue weighted by Gasteiger charge is 2.40. The predicted molar refractivity (Wildman–Crippen MR) is 76.6 cm³/mol. The molecule has 0 saturated carbocycles. The van der Waals surface area contributed by atoms with Gasteiger partial charge in [0.05, 0.1) is 13.2 Å². The first kappa shape index (κ1) is 17.9. The first-order valence-electron chi connectivity index (χ1n) is 7.90. The molecule has 0 aliphatic carbocycles. The van der Waals surface area contributed by atoms with Gasteiger partial charge in [0.1, 0.15) is 24.4 Å². The Hall–Kier alpha value is -0.200. The molecule has 4 atom stereocenters. The van der Waals surface area contributed by atoms with E-state index < -0.39 is 24.4 Å². The minimum Gasteiger partial charge on any atom is -0.394 e. The molecular formula is C15H30O5. The summed E-state index contributed by atoms with van der Waals surface area (Å²) in [6.45, 7) is 2.66. The molecule has 0 radical (unpaired) electrons. The first-order valence-corrected chi connectivity index (χ1v) is 7.90. The van der Waals surface area contributed by atoms with Gasteiger partial charge in [-0.3, -0.25) is 0 Å². The summed E-state index contributed by atoms with van der Waals surface area (Å²) < 4.78 is 10.8. The van der Waals surface area contributed by atoms with E-state index >= 15 is 0 Å². The summed E-state index contributed by atoms with van der Waals surface area (Å²) in [5.74, 6) is 0. The van der Waals surface area contributed by atoms with Gasteiger partial charge >= 0.3 is 0 Å². The molecule has 120 valence electrons. The molecule has 0 aromatic rings. The second-order valence-corrected chi connectivity index (χ2v) is 5.57. The molecule has 1 aliphatic heterocycles. The number of unbranched alkanes of at least 4 members (excludes halogenated alkanes) is 6. The largest absolute Gasteiger partial charge is 0.394 e. The van der Waals surface area contributed by atoms with E-state index in [4.69, 9.17) is 9.47 Å². The number of aliphatic hydroxyl groups excluding tert-OH is 3. The van der Waals surface area contributed by atoms with Crippen LogP contribution in [0, 0.1) is 0 Å². The average Bonchev–Trinajstić information content (AvgIpc) is 2.78. The molecule has 20 heavy (non-hydrogen) atoms. The third-order valence-electron chi connectivity index (χ3n) is 3.82. The topological polar surface area (TPSA) is 79.2 Å². The summed E-state index contributed by atoms with van der Waals surface area (Å²) in [4.78, 5) is 0. The Morgan fingerprint density at radius 2 is 1.75 bits per heavy atom. The zero-order valence-corrected chi connectivity index (χ0v) is 12.5. The molecule has 1 rings (SSSR count). The van der Waals surface area contributed by atoms with Gasteiger partial charge in [0, 0.05) is 6.61 Å². The average molecular weight is 290 g/mol. The summed E-state index contributed by atoms with van der Waals surface area (Å²) in [6, 6.07) is 0. The van der Waals surface area contributed by atoms with Gasteiger partial charge in [-0.15, -0.1) is 0 Å². The van der Waals surface area contributed by atoms with E-state index in [1.54, 1.807) is 0 Å². The lowest BCUT2D eigenvalue weighted by Gasteiger charge is -2.24. The molecule has 3 N–H and O–H groups in total. The SMILES string of the molecule is CCCCCCCCCO[C@H](CO)[C@@H]1OC[C@H](O)[C@@H]1O. The van der Waals surface area contributed by atoms with E-state index in [1.807, 2.05) is 0 Å². The second kappa shape index (κ2) is 10.5. The predicted octanol–water partition coefficient (Wildman–Crippen LogP) is 1.24. The highest BCUT2D eigenvalue weighted by Crippen LogP contribution is 2.19. The van der Waals surface area contributed by atoms with Gasteiger partial charge in [0.2, 0.25) is 0 Å². The van der Waals surface area contributed by atoms with Crippen LogP contribution in [0.3, 0.4) is 0 Å². The standard InChI is InChI=1S/C15H30O5/c1-2-3-4-5-6-7-8-9-19-13(10-16)15-14(18)12(17)11-20-15/h12-18H,2-11H2,1H3/t12-,13+,14-,15-/m0/s1. The van der Waals surface area contributed by atoms with Crippen LogP contribution in [0.25, 0.3) is 0 Å². The summed E-state index contributed by atoms with van der Waals surface area (Å²) in [5.41, 5.74) is 0. The summed E-state index contributed by atoms with van der Waals surface area (Å²) in [5, 5.41) is 28.4. The van der Waals surface area contributed by atoms with Crippen molar-refractivity contribution in [2.24, 2.45) is 0 Å². The van der Waals surface area contributed by atoms with Crippen LogP contribution in [0.2, 0.25) is 0 Å². The maximum absolute atomic E-state index is 9.72. The van der Waals surface area contributed by atoms with E-state index in [-0.39, 0.29) is 13.2 Å². The normalized spacial score (nSPS) is 27.9. The molecule has 0 spiro atoms. The Kier molecular flexibility index (Phi) is 9.39. The number of aliphatic hydroxyl groups is 3. The Morgan fingerprint density at radius 1 is 1.10 bits per heavy atom. The van der Waals surface area contributed by atoms with Crippen molar-refractivity contribution in [1.82, 2.24) is 0 Å². The molecule has 0 bridgehead atoms. The Bertz CT molecular complexity index is 236. The molecule has 1 fully saturated rings. The van der Waals surface area contributed by atoms with Crippen molar-refractivity contribution in [2.45, 2.75) is 76.3 Å². The third-order valence-corrected chi connectivity index (χ3v) is 3.82. The molecule has 0 unspecified atom stereocenters. The maximum atomic E-state index is 9.72. The number of rotatable bonds is 11. The molecule has 1 aliphatic rings. The molecule has 1 heterocycles. The molecule has 0 aromatic carbocycles. The van der Waals surface area contributed by atoms with Crippen molar-refractivity contribution in [2.75, 3.05) is 19.8 Å². The fourth-order valence-electron chi connectivity index (χ4n) is 2.50. The molecular weight excluding hydrogens is 260 g/mol. The van der Waals surface area contributed by atoms with Crippen LogP contribution >= 0.6 is 0 Å². The van der Waals surface area contributed by atoms with Gasteiger partial charge in [-0.25, -0.2) is 0 Å². The molecule has 0 amide bonds. The first-order chi connectivity index (χ1) is 9.70. The van der Waals surface area contributed by atoms with Gasteiger partial charge in [-0.05, 0) is 6.42 Å². The van der Waals surface area contributed by atoms with Crippen molar-refractivity contribution < 1.29 is 24.8 Å². The Morgan fingerprint density at radius 3 is 2.30 bits per heavy atom. The lowest BCUT2D eigenvalue weighted by molar-refractivity contribution is -0.101. The van der Waals surface area contributed by atoms with Crippen molar-refractivity contribution in [1.29, 1.82) is 0 Å². The number of hydrogen-bond acceptors (Lipinski definition) is 5. The van der Waals surface area contributed by atoms with E-state index in [2.05, 4.69) is 6.92 Å². The zero-order chi connectivity index (χ0) is 14.8. The van der Waals surface area contributed by atoms with Crippen molar-refractivity contribution in [3.8, 4) is 0 Å². The van der Waals surface area contributed by atoms with Crippen LogP contribution < -0.4 is 0 Å². The van der Waals surface area contributed by atoms with Crippen LogP contribution in [0.4, 0.5) is 0 Å². The fraction of sp³-hybridized carbons (Fsp3) is 1.00. The number of hydrogen-bond donors (Lipinski definition) is 3. The quantitative estimate of drug-likeness (QED) is 0.499.